The van der Waals surface area contributed by atoms with Crippen LogP contribution >= 0.6 is 0 Å². The van der Waals surface area contributed by atoms with Crippen LogP contribution in [0.1, 0.15) is 33.4 Å². The van der Waals surface area contributed by atoms with Crippen LogP contribution in [0, 0.1) is 6.92 Å². The van der Waals surface area contributed by atoms with E-state index in [1.165, 1.54) is 10.2 Å². The van der Waals surface area contributed by atoms with Gasteiger partial charge in [-0.1, -0.05) is 84.9 Å². The average Bonchev–Trinajstić information content (AvgIpc) is 2.99. The first-order valence-electron chi connectivity index (χ1n) is 13.3. The lowest BCUT2D eigenvalue weighted by Crippen LogP contribution is -2.35. The topological polar surface area (TPSA) is 128 Å². The second kappa shape index (κ2) is 14.3. The maximum absolute atomic E-state index is 13.0. The lowest BCUT2D eigenvalue weighted by atomic mass is 10.1. The highest BCUT2D eigenvalue weighted by Crippen LogP contribution is 2.07. The third kappa shape index (κ3) is 8.66. The molecular formula is C32H33N5O4. The van der Waals surface area contributed by atoms with Crippen LogP contribution < -0.4 is 22.0 Å². The molecule has 1 heterocycles. The molecule has 4 rings (SSSR count). The predicted octanol–water partition coefficient (Wildman–Crippen LogP) is 3.84. The van der Waals surface area contributed by atoms with Gasteiger partial charge >= 0.3 is 6.09 Å². The Kier molecular flexibility index (Phi) is 10.0. The van der Waals surface area contributed by atoms with Gasteiger partial charge in [-0.2, -0.15) is 4.99 Å². The number of carbonyl (C=O) groups is 2. The molecule has 3 aromatic carbocycles. The molecule has 0 aliphatic heterocycles. The van der Waals surface area contributed by atoms with Gasteiger partial charge in [0.25, 0.3) is 5.56 Å². The molecule has 41 heavy (non-hydrogen) atoms. The van der Waals surface area contributed by atoms with Crippen LogP contribution in [0.2, 0.25) is 0 Å². The molecule has 0 aliphatic rings. The molecule has 0 radical (unpaired) electrons. The van der Waals surface area contributed by atoms with E-state index in [-0.39, 0.29) is 36.9 Å². The lowest BCUT2D eigenvalue weighted by Gasteiger charge is -2.13. The van der Waals surface area contributed by atoms with E-state index < -0.39 is 6.09 Å². The number of ether oxygens (including phenoxy) is 1. The van der Waals surface area contributed by atoms with Crippen molar-refractivity contribution in [2.45, 2.75) is 32.9 Å². The van der Waals surface area contributed by atoms with Gasteiger partial charge in [-0.3, -0.25) is 9.59 Å². The third-order valence-electron chi connectivity index (χ3n) is 6.46. The van der Waals surface area contributed by atoms with Crippen LogP contribution in [0.15, 0.2) is 107 Å². The number of aryl methyl sites for hydroxylation is 1. The molecule has 0 spiro atoms. The number of aromatic nitrogens is 1. The summed E-state index contributed by atoms with van der Waals surface area (Å²) in [6.45, 7) is 2.78. The van der Waals surface area contributed by atoms with E-state index in [0.717, 1.165) is 23.1 Å². The number of benzene rings is 3. The lowest BCUT2D eigenvalue weighted by molar-refractivity contribution is -0.120. The number of amidine groups is 1. The summed E-state index contributed by atoms with van der Waals surface area (Å²) in [6, 6.07) is 28.1. The Morgan fingerprint density at radius 3 is 2.22 bits per heavy atom. The quantitative estimate of drug-likeness (QED) is 0.192. The largest absolute Gasteiger partial charge is 0.443 e. The predicted molar refractivity (Wildman–Crippen MR) is 159 cm³/mol. The molecule has 9 nitrogen and oxygen atoms in total. The Morgan fingerprint density at radius 1 is 0.878 bits per heavy atom. The average molecular weight is 552 g/mol. The summed E-state index contributed by atoms with van der Waals surface area (Å²) in [7, 11) is 0. The van der Waals surface area contributed by atoms with Gasteiger partial charge < -0.3 is 21.2 Å². The van der Waals surface area contributed by atoms with E-state index in [9.17, 15) is 14.4 Å². The minimum Gasteiger partial charge on any atom is -0.443 e. The molecule has 4 aromatic rings. The fraction of sp³-hybridized carbons (Fsp3) is 0.188. The summed E-state index contributed by atoms with van der Waals surface area (Å²) >= 11 is 0. The number of nitrogens with two attached hydrogens (primary N) is 1. The molecule has 0 bridgehead atoms. The van der Waals surface area contributed by atoms with Gasteiger partial charge in [0.2, 0.25) is 5.91 Å². The molecule has 0 aliphatic carbocycles. The number of nitrogens with zero attached hydrogens (tertiary/aromatic N) is 2. The SMILES string of the molecule is Cc1ccn(NCCc2ccccc2)c(=O)c1CC(=O)NCc1ccc(/C(N)=N/C(=O)OCc2ccccc2)cc1. The number of amides is 2. The zero-order valence-corrected chi connectivity index (χ0v) is 22.9. The van der Waals surface area contributed by atoms with E-state index in [2.05, 4.69) is 15.7 Å². The van der Waals surface area contributed by atoms with Crippen molar-refractivity contribution in [1.82, 2.24) is 9.99 Å². The van der Waals surface area contributed by atoms with Gasteiger partial charge in [0.15, 0.2) is 0 Å². The Bertz CT molecular complexity index is 1550. The standard InChI is InChI=1S/C32H33N5O4/c1-23-17-19-37(35-18-16-24-8-4-2-5-9-24)31(39)28(23)20-29(38)34-21-25-12-14-27(15-13-25)30(33)36-32(40)41-22-26-10-6-3-7-11-26/h2-15,17,19,35H,16,18,20-22H2,1H3,(H,34,38)(H2,33,36,40). The van der Waals surface area contributed by atoms with Crippen molar-refractivity contribution in [3.8, 4) is 0 Å². The summed E-state index contributed by atoms with van der Waals surface area (Å²) in [5, 5.41) is 2.86. The van der Waals surface area contributed by atoms with Crippen LogP contribution in [0.4, 0.5) is 4.79 Å². The van der Waals surface area contributed by atoms with Crippen LogP contribution in [0.5, 0.6) is 0 Å². The summed E-state index contributed by atoms with van der Waals surface area (Å²) in [6.07, 6.45) is 1.65. The Morgan fingerprint density at radius 2 is 1.54 bits per heavy atom. The normalized spacial score (nSPS) is 11.1. The van der Waals surface area contributed by atoms with Crippen molar-refractivity contribution in [2.24, 2.45) is 10.7 Å². The Labute approximate surface area is 238 Å². The minimum atomic E-state index is -0.774. The van der Waals surface area contributed by atoms with Gasteiger partial charge in [0, 0.05) is 30.4 Å². The molecule has 9 heteroatoms. The van der Waals surface area contributed by atoms with E-state index in [4.69, 9.17) is 10.5 Å². The highest BCUT2D eigenvalue weighted by molar-refractivity contribution is 6.02. The van der Waals surface area contributed by atoms with Crippen LogP contribution in [0.25, 0.3) is 0 Å². The maximum Gasteiger partial charge on any atom is 0.435 e. The number of nitrogens with one attached hydrogen (secondary N) is 2. The number of aliphatic imine (C=N–C) groups is 1. The fourth-order valence-corrected chi connectivity index (χ4v) is 4.11. The Hall–Kier alpha value is -5.18. The van der Waals surface area contributed by atoms with Crippen molar-refractivity contribution in [3.05, 3.63) is 141 Å². The number of rotatable bonds is 11. The van der Waals surface area contributed by atoms with Crippen LogP contribution in [0.3, 0.4) is 0 Å². The number of carbonyl (C=O) groups excluding carboxylic acids is 2. The zero-order valence-electron chi connectivity index (χ0n) is 22.9. The monoisotopic (exact) mass is 551 g/mol. The molecule has 210 valence electrons. The van der Waals surface area contributed by atoms with Crippen LogP contribution in [-0.4, -0.2) is 29.1 Å². The minimum absolute atomic E-state index is 0.0331. The number of pyridine rings is 1. The summed E-state index contributed by atoms with van der Waals surface area (Å²) in [4.78, 5) is 41.5. The first-order valence-corrected chi connectivity index (χ1v) is 13.3. The maximum atomic E-state index is 13.0. The molecule has 0 saturated carbocycles. The molecular weight excluding hydrogens is 518 g/mol. The first kappa shape index (κ1) is 28.8. The highest BCUT2D eigenvalue weighted by atomic mass is 16.5. The molecule has 0 fully saturated rings. The summed E-state index contributed by atoms with van der Waals surface area (Å²) in [5.74, 6) is -0.231. The van der Waals surface area contributed by atoms with Gasteiger partial charge in [-0.25, -0.2) is 9.47 Å². The molecule has 4 N–H and O–H groups in total. The van der Waals surface area contributed by atoms with Crippen molar-refractivity contribution < 1.29 is 14.3 Å². The molecule has 0 saturated heterocycles. The second-order valence-electron chi connectivity index (χ2n) is 9.48. The van der Waals surface area contributed by atoms with Gasteiger partial charge in [0.05, 0.1) is 6.42 Å². The van der Waals surface area contributed by atoms with Crippen molar-refractivity contribution >= 4 is 17.8 Å². The highest BCUT2D eigenvalue weighted by Gasteiger charge is 2.13. The molecule has 1 aromatic heterocycles. The first-order chi connectivity index (χ1) is 19.9. The number of hydrogen-bond donors (Lipinski definition) is 3. The molecule has 0 atom stereocenters. The van der Waals surface area contributed by atoms with E-state index >= 15 is 0 Å². The van der Waals surface area contributed by atoms with E-state index in [1.807, 2.05) is 73.7 Å². The third-order valence-corrected chi connectivity index (χ3v) is 6.46. The van der Waals surface area contributed by atoms with E-state index in [0.29, 0.717) is 17.7 Å². The van der Waals surface area contributed by atoms with Gasteiger partial charge in [-0.15, -0.1) is 0 Å². The molecule has 2 amide bonds. The summed E-state index contributed by atoms with van der Waals surface area (Å²) < 4.78 is 6.57. The van der Waals surface area contributed by atoms with Gasteiger partial charge in [0.1, 0.15) is 12.4 Å². The van der Waals surface area contributed by atoms with E-state index in [1.54, 1.807) is 30.5 Å². The second-order valence-corrected chi connectivity index (χ2v) is 9.48. The smallest absolute Gasteiger partial charge is 0.435 e. The van der Waals surface area contributed by atoms with Crippen LogP contribution in [-0.2, 0) is 35.5 Å². The molecule has 0 unspecified atom stereocenters. The van der Waals surface area contributed by atoms with Crippen molar-refractivity contribution in [2.75, 3.05) is 12.0 Å². The zero-order chi connectivity index (χ0) is 29.0. The Balaban J connectivity index is 1.27. The summed E-state index contributed by atoms with van der Waals surface area (Å²) in [5.41, 5.74) is 13.4. The van der Waals surface area contributed by atoms with Crippen molar-refractivity contribution in [1.29, 1.82) is 0 Å². The van der Waals surface area contributed by atoms with Gasteiger partial charge in [-0.05, 0) is 41.7 Å². The fourth-order valence-electron chi connectivity index (χ4n) is 4.11. The van der Waals surface area contributed by atoms with Crippen molar-refractivity contribution in [3.63, 3.8) is 0 Å². The number of hydrogen-bond acceptors (Lipinski definition) is 5.